The molecular weight excluding hydrogens is 536 g/mol. The summed E-state index contributed by atoms with van der Waals surface area (Å²) in [6.45, 7) is 13.2. The highest BCUT2D eigenvalue weighted by molar-refractivity contribution is 6.06. The quantitative estimate of drug-likeness (QED) is 0.240. The Balaban J connectivity index is 1.23. The van der Waals surface area contributed by atoms with Crippen molar-refractivity contribution in [2.45, 2.75) is 58.9 Å². The summed E-state index contributed by atoms with van der Waals surface area (Å²) in [5, 5.41) is 7.38. The first-order chi connectivity index (χ1) is 20.6. The minimum absolute atomic E-state index is 0.0818. The van der Waals surface area contributed by atoms with Crippen molar-refractivity contribution in [3.05, 3.63) is 77.5 Å². The third kappa shape index (κ3) is 5.97. The zero-order valence-electron chi connectivity index (χ0n) is 25.7. The van der Waals surface area contributed by atoms with Gasteiger partial charge in [-0.3, -0.25) is 14.5 Å². The van der Waals surface area contributed by atoms with Crippen LogP contribution in [0.15, 0.2) is 60.8 Å². The Morgan fingerprint density at radius 2 is 1.81 bits per heavy atom. The number of amides is 2. The third-order valence-electron chi connectivity index (χ3n) is 8.68. The molecule has 1 fully saturated rings. The maximum Gasteiger partial charge on any atom is 0.255 e. The molecule has 1 aliphatic heterocycles. The van der Waals surface area contributed by atoms with Gasteiger partial charge in [-0.2, -0.15) is 0 Å². The molecule has 0 radical (unpaired) electrons. The Hall–Kier alpha value is -4.30. The number of carbonyl (C=O) groups excluding carboxylic acids is 2. The van der Waals surface area contributed by atoms with Crippen molar-refractivity contribution in [1.82, 2.24) is 14.9 Å². The molecule has 0 unspecified atom stereocenters. The molecule has 1 aromatic heterocycles. The van der Waals surface area contributed by atoms with Crippen LogP contribution in [0.3, 0.4) is 0 Å². The van der Waals surface area contributed by atoms with Crippen LogP contribution in [0.25, 0.3) is 22.0 Å². The third-order valence-corrected chi connectivity index (χ3v) is 8.68. The zero-order chi connectivity index (χ0) is 30.3. The fourth-order valence-corrected chi connectivity index (χ4v) is 5.88. The summed E-state index contributed by atoms with van der Waals surface area (Å²) < 4.78 is 0. The molecule has 4 aromatic rings. The van der Waals surface area contributed by atoms with Crippen LogP contribution >= 0.6 is 0 Å². The summed E-state index contributed by atoms with van der Waals surface area (Å²) >= 11 is 0. The van der Waals surface area contributed by atoms with Crippen molar-refractivity contribution in [2.24, 2.45) is 0 Å². The van der Waals surface area contributed by atoms with Gasteiger partial charge in [0.1, 0.15) is 0 Å². The lowest BCUT2D eigenvalue weighted by Gasteiger charge is -2.24. The molecule has 8 nitrogen and oxygen atoms in total. The second-order valence-corrected chi connectivity index (χ2v) is 12.4. The van der Waals surface area contributed by atoms with Crippen molar-refractivity contribution in [3.8, 4) is 11.1 Å². The lowest BCUT2D eigenvalue weighted by molar-refractivity contribution is -0.119. The molecule has 3 aromatic carbocycles. The molecule has 0 atom stereocenters. The number of benzene rings is 3. The van der Waals surface area contributed by atoms with E-state index in [1.54, 1.807) is 0 Å². The first-order valence-electron chi connectivity index (χ1n) is 15.3. The molecule has 0 saturated heterocycles. The predicted molar refractivity (Wildman–Crippen MR) is 174 cm³/mol. The highest BCUT2D eigenvalue weighted by Crippen LogP contribution is 2.42. The Bertz CT molecular complexity index is 1710. The van der Waals surface area contributed by atoms with Crippen molar-refractivity contribution in [2.75, 3.05) is 41.7 Å². The summed E-state index contributed by atoms with van der Waals surface area (Å²) in [5.41, 5.74) is 7.02. The molecule has 0 bridgehead atoms. The maximum atomic E-state index is 13.5. The van der Waals surface area contributed by atoms with Gasteiger partial charge in [0.2, 0.25) is 11.9 Å². The number of hydrogen-bond donors (Lipinski definition) is 2. The standard InChI is InChI=1S/C35H40N6O2/c1-6-40(7-2)20-32(42)41-21-35(4,5)29-14-13-27(18-31(29)41)37-33(43)24-9-8-22(3)28(17-24)23-10-15-30-25(16-23)19-36-34(39-30)38-26-11-12-26/h8-10,13-19,26H,6-7,11-12,20-21H2,1-5H3,(H,37,43)(H,36,38,39). The van der Waals surface area contributed by atoms with Gasteiger partial charge in [-0.1, -0.05) is 45.9 Å². The van der Waals surface area contributed by atoms with E-state index in [2.05, 4.69) is 59.3 Å². The van der Waals surface area contributed by atoms with Crippen LogP contribution < -0.4 is 15.5 Å². The first kappa shape index (κ1) is 28.8. The van der Waals surface area contributed by atoms with E-state index in [1.165, 1.54) is 12.8 Å². The second kappa shape index (κ2) is 11.4. The molecule has 1 aliphatic carbocycles. The van der Waals surface area contributed by atoms with E-state index in [-0.39, 0.29) is 17.2 Å². The average molecular weight is 577 g/mol. The minimum Gasteiger partial charge on any atom is -0.351 e. The van der Waals surface area contributed by atoms with Crippen LogP contribution in [0.5, 0.6) is 0 Å². The summed E-state index contributed by atoms with van der Waals surface area (Å²) in [7, 11) is 0. The van der Waals surface area contributed by atoms with Crippen molar-refractivity contribution < 1.29 is 9.59 Å². The number of aromatic nitrogens is 2. The number of rotatable bonds is 9. The number of aryl methyl sites for hydroxylation is 1. The number of anilines is 3. The van der Waals surface area contributed by atoms with Gasteiger partial charge >= 0.3 is 0 Å². The van der Waals surface area contributed by atoms with Gasteiger partial charge in [0.15, 0.2) is 0 Å². The van der Waals surface area contributed by atoms with E-state index < -0.39 is 0 Å². The smallest absolute Gasteiger partial charge is 0.255 e. The Labute approximate surface area is 253 Å². The van der Waals surface area contributed by atoms with Crippen molar-refractivity contribution in [3.63, 3.8) is 0 Å². The predicted octanol–water partition coefficient (Wildman–Crippen LogP) is 6.40. The van der Waals surface area contributed by atoms with Crippen LogP contribution in [0.2, 0.25) is 0 Å². The summed E-state index contributed by atoms with van der Waals surface area (Å²) in [5.74, 6) is 0.557. The minimum atomic E-state index is -0.195. The average Bonchev–Trinajstić information content (AvgIpc) is 3.77. The molecule has 8 heteroatoms. The van der Waals surface area contributed by atoms with Gasteiger partial charge < -0.3 is 15.5 Å². The molecule has 2 aliphatic rings. The fraction of sp³-hybridized carbons (Fsp3) is 0.371. The maximum absolute atomic E-state index is 13.5. The van der Waals surface area contributed by atoms with Crippen molar-refractivity contribution >= 4 is 40.0 Å². The lowest BCUT2D eigenvalue weighted by atomic mass is 9.87. The number of nitrogens with one attached hydrogen (secondary N) is 2. The van der Waals surface area contributed by atoms with E-state index in [0.29, 0.717) is 36.3 Å². The highest BCUT2D eigenvalue weighted by atomic mass is 16.2. The molecule has 6 rings (SSSR count). The normalized spacial score (nSPS) is 15.5. The van der Waals surface area contributed by atoms with E-state index in [4.69, 9.17) is 0 Å². The number of hydrogen-bond acceptors (Lipinski definition) is 6. The van der Waals surface area contributed by atoms with Crippen LogP contribution in [-0.4, -0.2) is 58.9 Å². The van der Waals surface area contributed by atoms with Gasteiger partial charge in [-0.25, -0.2) is 9.97 Å². The van der Waals surface area contributed by atoms with Gasteiger partial charge in [0.05, 0.1) is 12.1 Å². The molecule has 2 heterocycles. The molecule has 1 saturated carbocycles. The van der Waals surface area contributed by atoms with E-state index in [0.717, 1.165) is 51.9 Å². The van der Waals surface area contributed by atoms with Gasteiger partial charge in [0.25, 0.3) is 5.91 Å². The number of carbonyl (C=O) groups is 2. The largest absolute Gasteiger partial charge is 0.351 e. The summed E-state index contributed by atoms with van der Waals surface area (Å²) in [6, 6.07) is 18.3. The van der Waals surface area contributed by atoms with E-state index in [9.17, 15) is 9.59 Å². The van der Waals surface area contributed by atoms with Gasteiger partial charge in [-0.15, -0.1) is 0 Å². The van der Waals surface area contributed by atoms with Crippen LogP contribution in [0, 0.1) is 6.92 Å². The number of nitrogens with zero attached hydrogens (tertiary/aromatic N) is 4. The Morgan fingerprint density at radius 3 is 2.56 bits per heavy atom. The summed E-state index contributed by atoms with van der Waals surface area (Å²) in [4.78, 5) is 40.0. The molecule has 43 heavy (non-hydrogen) atoms. The van der Waals surface area contributed by atoms with E-state index in [1.807, 2.05) is 66.6 Å². The lowest BCUT2D eigenvalue weighted by Crippen LogP contribution is -2.41. The monoisotopic (exact) mass is 576 g/mol. The molecular formula is C35H40N6O2. The van der Waals surface area contributed by atoms with Gasteiger partial charge in [0, 0.05) is 46.5 Å². The topological polar surface area (TPSA) is 90.5 Å². The zero-order valence-corrected chi connectivity index (χ0v) is 25.7. The van der Waals surface area contributed by atoms with Crippen LogP contribution in [0.4, 0.5) is 17.3 Å². The van der Waals surface area contributed by atoms with Crippen LogP contribution in [-0.2, 0) is 10.2 Å². The summed E-state index contributed by atoms with van der Waals surface area (Å²) in [6.07, 6.45) is 4.19. The van der Waals surface area contributed by atoms with Gasteiger partial charge in [-0.05, 0) is 91.5 Å². The second-order valence-electron chi connectivity index (χ2n) is 12.4. The Morgan fingerprint density at radius 1 is 1.02 bits per heavy atom. The fourth-order valence-electron chi connectivity index (χ4n) is 5.88. The molecule has 2 amide bonds. The number of likely N-dealkylation sites (N-methyl/N-ethyl adjacent to an activating group) is 1. The number of fused-ring (bicyclic) bond motifs is 2. The van der Waals surface area contributed by atoms with E-state index >= 15 is 0 Å². The molecule has 2 N–H and O–H groups in total. The van der Waals surface area contributed by atoms with Crippen molar-refractivity contribution in [1.29, 1.82) is 0 Å². The highest BCUT2D eigenvalue weighted by Gasteiger charge is 2.38. The van der Waals surface area contributed by atoms with Crippen LogP contribution in [0.1, 0.15) is 62.0 Å². The Kier molecular flexibility index (Phi) is 7.65. The first-order valence-corrected chi connectivity index (χ1v) is 15.3. The molecule has 0 spiro atoms. The SMILES string of the molecule is CCN(CC)CC(=O)N1CC(C)(C)c2ccc(NC(=O)c3ccc(C)c(-c4ccc5nc(NC6CC6)ncc5c4)c3)cc21. The molecule has 222 valence electrons.